The van der Waals surface area contributed by atoms with Crippen LogP contribution in [0.1, 0.15) is 45.2 Å². The summed E-state index contributed by atoms with van der Waals surface area (Å²) >= 11 is 0. The summed E-state index contributed by atoms with van der Waals surface area (Å²) in [5.41, 5.74) is 1.39. The molecule has 0 atom stereocenters. The van der Waals surface area contributed by atoms with Crippen molar-refractivity contribution >= 4 is 5.91 Å². The summed E-state index contributed by atoms with van der Waals surface area (Å²) in [6.45, 7) is 9.83. The van der Waals surface area contributed by atoms with Gasteiger partial charge in [0.15, 0.2) is 0 Å². The summed E-state index contributed by atoms with van der Waals surface area (Å²) < 4.78 is 1.69. The minimum absolute atomic E-state index is 0.0220. The Morgan fingerprint density at radius 1 is 1.50 bits per heavy atom. The highest BCUT2D eigenvalue weighted by molar-refractivity contribution is 5.87. The summed E-state index contributed by atoms with van der Waals surface area (Å²) in [7, 11) is 1.85. The maximum absolute atomic E-state index is 12.1. The fourth-order valence-electron chi connectivity index (χ4n) is 3.13. The molecular weight excluding hydrogens is 276 g/mol. The second-order valence-corrected chi connectivity index (χ2v) is 7.23. The van der Waals surface area contributed by atoms with Gasteiger partial charge in [0.2, 0.25) is 5.91 Å². The van der Waals surface area contributed by atoms with Crippen LogP contribution in [0.25, 0.3) is 0 Å². The lowest BCUT2D eigenvalue weighted by atomic mass is 9.73. The van der Waals surface area contributed by atoms with Gasteiger partial charge in [-0.3, -0.25) is 9.48 Å². The van der Waals surface area contributed by atoms with E-state index in [0.717, 1.165) is 18.7 Å². The van der Waals surface area contributed by atoms with Crippen molar-refractivity contribution in [1.82, 2.24) is 19.9 Å². The van der Waals surface area contributed by atoms with E-state index in [2.05, 4.69) is 30.7 Å². The van der Waals surface area contributed by atoms with Crippen LogP contribution in [0.4, 0.5) is 0 Å². The molecule has 0 spiro atoms. The monoisotopic (exact) mass is 304 g/mol. The molecule has 0 unspecified atom stereocenters. The predicted octanol–water partition coefficient (Wildman–Crippen LogP) is 2.59. The number of hydrogen-bond donors (Lipinski definition) is 0. The first-order valence-electron chi connectivity index (χ1n) is 8.16. The minimum Gasteiger partial charge on any atom is -0.339 e. The van der Waals surface area contributed by atoms with Crippen molar-refractivity contribution in [3.8, 4) is 0 Å². The topological polar surface area (TPSA) is 51.0 Å². The molecule has 22 heavy (non-hydrogen) atoms. The van der Waals surface area contributed by atoms with Crippen LogP contribution in [0.3, 0.4) is 0 Å². The van der Waals surface area contributed by atoms with Gasteiger partial charge in [-0.05, 0) is 43.1 Å². The van der Waals surface area contributed by atoms with E-state index in [1.807, 2.05) is 18.1 Å². The first-order valence-corrected chi connectivity index (χ1v) is 8.16. The average molecular weight is 304 g/mol. The van der Waals surface area contributed by atoms with E-state index < -0.39 is 0 Å². The van der Waals surface area contributed by atoms with Crippen LogP contribution in [0, 0.1) is 11.3 Å². The number of nitrogens with zero attached hydrogens (tertiary/aromatic N) is 4. The zero-order valence-corrected chi connectivity index (χ0v) is 14.1. The second kappa shape index (κ2) is 7.07. The Hall–Kier alpha value is -1.65. The largest absolute Gasteiger partial charge is 0.339 e. The quantitative estimate of drug-likeness (QED) is 0.759. The van der Waals surface area contributed by atoms with Gasteiger partial charge in [-0.1, -0.05) is 25.6 Å². The Kier molecular flexibility index (Phi) is 5.37. The zero-order valence-electron chi connectivity index (χ0n) is 14.1. The first-order chi connectivity index (χ1) is 10.4. The van der Waals surface area contributed by atoms with Crippen LogP contribution < -0.4 is 0 Å². The molecule has 2 rings (SSSR count). The van der Waals surface area contributed by atoms with Crippen LogP contribution in [0.15, 0.2) is 18.9 Å². The molecule has 0 saturated heterocycles. The molecule has 1 aromatic heterocycles. The SMILES string of the molecule is C=CC(=O)N(CCc1cn(C)nn1)CC1CCC(C)(C)CC1. The summed E-state index contributed by atoms with van der Waals surface area (Å²) in [5.74, 6) is 0.632. The van der Waals surface area contributed by atoms with E-state index in [9.17, 15) is 4.79 Å². The lowest BCUT2D eigenvalue weighted by Crippen LogP contribution is -2.37. The molecule has 1 aliphatic rings. The Labute approximate surface area is 133 Å². The number of amides is 1. The first kappa shape index (κ1) is 16.7. The van der Waals surface area contributed by atoms with Gasteiger partial charge >= 0.3 is 0 Å². The average Bonchev–Trinajstić information content (AvgIpc) is 2.90. The van der Waals surface area contributed by atoms with E-state index in [0.29, 0.717) is 17.9 Å². The molecule has 122 valence electrons. The Morgan fingerprint density at radius 2 is 2.18 bits per heavy atom. The Balaban J connectivity index is 1.89. The number of rotatable bonds is 6. The third-order valence-electron chi connectivity index (χ3n) is 4.71. The van der Waals surface area contributed by atoms with Crippen molar-refractivity contribution in [3.63, 3.8) is 0 Å². The van der Waals surface area contributed by atoms with Crippen LogP contribution in [0.2, 0.25) is 0 Å². The number of carbonyl (C=O) groups is 1. The van der Waals surface area contributed by atoms with Gasteiger partial charge in [0.05, 0.1) is 5.69 Å². The van der Waals surface area contributed by atoms with Gasteiger partial charge in [-0.15, -0.1) is 5.10 Å². The van der Waals surface area contributed by atoms with Crippen LogP contribution in [-0.4, -0.2) is 38.9 Å². The molecule has 1 fully saturated rings. The predicted molar refractivity (Wildman–Crippen MR) is 87.2 cm³/mol. The number of hydrogen-bond acceptors (Lipinski definition) is 3. The smallest absolute Gasteiger partial charge is 0.245 e. The molecule has 5 heteroatoms. The van der Waals surface area contributed by atoms with Crippen molar-refractivity contribution in [3.05, 3.63) is 24.5 Å². The van der Waals surface area contributed by atoms with E-state index in [1.165, 1.54) is 31.8 Å². The van der Waals surface area contributed by atoms with Gasteiger partial charge in [0, 0.05) is 32.8 Å². The second-order valence-electron chi connectivity index (χ2n) is 7.23. The lowest BCUT2D eigenvalue weighted by molar-refractivity contribution is -0.126. The summed E-state index contributed by atoms with van der Waals surface area (Å²) in [6, 6.07) is 0. The maximum Gasteiger partial charge on any atom is 0.245 e. The maximum atomic E-state index is 12.1. The molecule has 1 heterocycles. The molecule has 0 aliphatic heterocycles. The van der Waals surface area contributed by atoms with Crippen molar-refractivity contribution in [1.29, 1.82) is 0 Å². The standard InChI is InChI=1S/C17H28N4O/c1-5-16(22)21(11-8-15-13-20(4)19-18-15)12-14-6-9-17(2,3)10-7-14/h5,13-14H,1,6-12H2,2-4H3. The van der Waals surface area contributed by atoms with Gasteiger partial charge in [0.25, 0.3) is 0 Å². The van der Waals surface area contributed by atoms with Crippen molar-refractivity contribution in [2.24, 2.45) is 18.4 Å². The number of carbonyl (C=O) groups excluding carboxylic acids is 1. The molecular formula is C17H28N4O. The van der Waals surface area contributed by atoms with Gasteiger partial charge in [0.1, 0.15) is 0 Å². The van der Waals surface area contributed by atoms with Crippen LogP contribution in [-0.2, 0) is 18.3 Å². The number of aryl methyl sites for hydroxylation is 1. The normalized spacial score (nSPS) is 18.1. The molecule has 0 radical (unpaired) electrons. The summed E-state index contributed by atoms with van der Waals surface area (Å²) in [5, 5.41) is 8.02. The zero-order chi connectivity index (χ0) is 16.2. The van der Waals surface area contributed by atoms with Crippen molar-refractivity contribution in [2.75, 3.05) is 13.1 Å². The van der Waals surface area contributed by atoms with Gasteiger partial charge in [-0.25, -0.2) is 0 Å². The van der Waals surface area contributed by atoms with Crippen molar-refractivity contribution < 1.29 is 4.79 Å². The molecule has 1 aliphatic carbocycles. The fraction of sp³-hybridized carbons (Fsp3) is 0.706. The lowest BCUT2D eigenvalue weighted by Gasteiger charge is -2.36. The Morgan fingerprint density at radius 3 is 2.73 bits per heavy atom. The van der Waals surface area contributed by atoms with Gasteiger partial charge in [-0.2, -0.15) is 0 Å². The highest BCUT2D eigenvalue weighted by atomic mass is 16.2. The van der Waals surface area contributed by atoms with Crippen LogP contribution >= 0.6 is 0 Å². The van der Waals surface area contributed by atoms with E-state index in [1.54, 1.807) is 4.68 Å². The highest BCUT2D eigenvalue weighted by Gasteiger charge is 2.28. The van der Waals surface area contributed by atoms with Gasteiger partial charge < -0.3 is 4.90 Å². The van der Waals surface area contributed by atoms with E-state index in [4.69, 9.17) is 0 Å². The third-order valence-corrected chi connectivity index (χ3v) is 4.71. The molecule has 0 bridgehead atoms. The summed E-state index contributed by atoms with van der Waals surface area (Å²) in [4.78, 5) is 14.0. The molecule has 0 N–H and O–H groups in total. The van der Waals surface area contributed by atoms with Crippen LogP contribution in [0.5, 0.6) is 0 Å². The molecule has 1 amide bonds. The summed E-state index contributed by atoms with van der Waals surface area (Å²) in [6.07, 6.45) is 8.97. The molecule has 1 saturated carbocycles. The fourth-order valence-corrected chi connectivity index (χ4v) is 3.13. The molecule has 5 nitrogen and oxygen atoms in total. The molecule has 1 aromatic rings. The molecule has 0 aromatic carbocycles. The Bertz CT molecular complexity index is 510. The van der Waals surface area contributed by atoms with E-state index in [-0.39, 0.29) is 5.91 Å². The minimum atomic E-state index is 0.0220. The highest BCUT2D eigenvalue weighted by Crippen LogP contribution is 2.38. The van der Waals surface area contributed by atoms with Crippen molar-refractivity contribution in [2.45, 2.75) is 46.0 Å². The third kappa shape index (κ3) is 4.68. The number of aromatic nitrogens is 3. The van der Waals surface area contributed by atoms with E-state index >= 15 is 0 Å².